The summed E-state index contributed by atoms with van der Waals surface area (Å²) in [5.41, 5.74) is 1.95. The highest BCUT2D eigenvalue weighted by Crippen LogP contribution is 2.19. The second-order valence-electron chi connectivity index (χ2n) is 6.12. The lowest BCUT2D eigenvalue weighted by Gasteiger charge is -2.34. The molecule has 2 aromatic heterocycles. The maximum atomic E-state index is 12.3. The number of nitrogens with one attached hydrogen (secondary N) is 1. The van der Waals surface area contributed by atoms with Crippen LogP contribution in [0, 0.1) is 0 Å². The average molecular weight is 361 g/mol. The van der Waals surface area contributed by atoms with Gasteiger partial charge in [0.25, 0.3) is 0 Å². The second kappa shape index (κ2) is 7.77. The van der Waals surface area contributed by atoms with Crippen LogP contribution in [0.2, 0.25) is 0 Å². The Morgan fingerprint density at radius 1 is 0.926 bits per heavy atom. The molecule has 8 heteroatoms. The highest BCUT2D eigenvalue weighted by molar-refractivity contribution is 5.88. The molecular weight excluding hydrogens is 342 g/mol. The van der Waals surface area contributed by atoms with Gasteiger partial charge < -0.3 is 9.80 Å². The van der Waals surface area contributed by atoms with Gasteiger partial charge in [0.2, 0.25) is 5.95 Å². The van der Waals surface area contributed by atoms with E-state index in [0.29, 0.717) is 37.9 Å². The highest BCUT2D eigenvalue weighted by atomic mass is 16.2. The molecule has 3 aromatic rings. The first-order valence-corrected chi connectivity index (χ1v) is 8.77. The number of anilines is 2. The van der Waals surface area contributed by atoms with E-state index in [1.54, 1.807) is 29.4 Å². The van der Waals surface area contributed by atoms with Crippen LogP contribution in [0.3, 0.4) is 0 Å². The van der Waals surface area contributed by atoms with Gasteiger partial charge in [0.05, 0.1) is 5.69 Å². The van der Waals surface area contributed by atoms with Crippen molar-refractivity contribution in [2.45, 2.75) is 0 Å². The highest BCUT2D eigenvalue weighted by Gasteiger charge is 2.23. The van der Waals surface area contributed by atoms with E-state index in [9.17, 15) is 4.79 Å². The van der Waals surface area contributed by atoms with Crippen molar-refractivity contribution in [3.8, 4) is 11.3 Å². The lowest BCUT2D eigenvalue weighted by atomic mass is 10.1. The number of benzene rings is 1. The normalized spacial score (nSPS) is 14.1. The zero-order valence-corrected chi connectivity index (χ0v) is 14.7. The molecule has 0 unspecified atom stereocenters. The first-order chi connectivity index (χ1) is 13.3. The van der Waals surface area contributed by atoms with Gasteiger partial charge in [0.15, 0.2) is 5.82 Å². The number of urea groups is 1. The summed E-state index contributed by atoms with van der Waals surface area (Å²) in [5.74, 6) is 1.13. The summed E-state index contributed by atoms with van der Waals surface area (Å²) in [4.78, 5) is 25.3. The quantitative estimate of drug-likeness (QED) is 0.770. The predicted octanol–water partition coefficient (Wildman–Crippen LogP) is 2.29. The Morgan fingerprint density at radius 2 is 1.74 bits per heavy atom. The van der Waals surface area contributed by atoms with Crippen LogP contribution < -0.4 is 10.2 Å². The Hall–Kier alpha value is -3.55. The first-order valence-electron chi connectivity index (χ1n) is 8.77. The van der Waals surface area contributed by atoms with Gasteiger partial charge in [-0.1, -0.05) is 30.3 Å². The summed E-state index contributed by atoms with van der Waals surface area (Å²) in [5, 5.41) is 10.4. The van der Waals surface area contributed by atoms with E-state index in [1.807, 2.05) is 36.4 Å². The fraction of sp³-hybridized carbons (Fsp3) is 0.211. The lowest BCUT2D eigenvalue weighted by molar-refractivity contribution is 0.208. The van der Waals surface area contributed by atoms with Gasteiger partial charge in [0.1, 0.15) is 0 Å². The van der Waals surface area contributed by atoms with Gasteiger partial charge in [-0.2, -0.15) is 5.10 Å². The van der Waals surface area contributed by atoms with E-state index >= 15 is 0 Å². The van der Waals surface area contributed by atoms with Crippen LogP contribution in [0.4, 0.5) is 16.6 Å². The fourth-order valence-electron chi connectivity index (χ4n) is 2.94. The number of carbonyl (C=O) groups is 1. The topological polar surface area (TPSA) is 87.1 Å². The Labute approximate surface area is 156 Å². The van der Waals surface area contributed by atoms with Crippen LogP contribution in [0.5, 0.6) is 0 Å². The van der Waals surface area contributed by atoms with Crippen molar-refractivity contribution in [3.05, 3.63) is 60.9 Å². The van der Waals surface area contributed by atoms with E-state index in [0.717, 1.165) is 11.3 Å². The van der Waals surface area contributed by atoms with Crippen LogP contribution in [-0.2, 0) is 0 Å². The third-order valence-electron chi connectivity index (χ3n) is 4.37. The summed E-state index contributed by atoms with van der Waals surface area (Å²) in [7, 11) is 0. The van der Waals surface area contributed by atoms with E-state index < -0.39 is 0 Å². The molecule has 1 saturated heterocycles. The summed E-state index contributed by atoms with van der Waals surface area (Å²) < 4.78 is 0. The number of hydrogen-bond acceptors (Lipinski definition) is 6. The minimum absolute atomic E-state index is 0.172. The molecule has 1 aromatic carbocycles. The molecule has 1 aliphatic rings. The molecule has 1 N–H and O–H groups in total. The molecule has 136 valence electrons. The van der Waals surface area contributed by atoms with Crippen molar-refractivity contribution in [2.24, 2.45) is 0 Å². The van der Waals surface area contributed by atoms with Crippen molar-refractivity contribution >= 4 is 17.8 Å². The average Bonchev–Trinajstić information content (AvgIpc) is 2.75. The summed E-state index contributed by atoms with van der Waals surface area (Å²) in [6, 6.07) is 15.2. The fourth-order valence-corrected chi connectivity index (χ4v) is 2.94. The third-order valence-corrected chi connectivity index (χ3v) is 4.37. The zero-order chi connectivity index (χ0) is 18.5. The third kappa shape index (κ3) is 4.00. The van der Waals surface area contributed by atoms with Crippen LogP contribution in [-0.4, -0.2) is 57.3 Å². The SMILES string of the molecule is O=C(Nc1cccnn1)N1CCN(c2nccc(-c3ccccc3)n2)CC1. The van der Waals surface area contributed by atoms with E-state index in [-0.39, 0.29) is 6.03 Å². The molecule has 4 rings (SSSR count). The van der Waals surface area contributed by atoms with Crippen molar-refractivity contribution in [1.82, 2.24) is 25.1 Å². The molecule has 3 heterocycles. The summed E-state index contributed by atoms with van der Waals surface area (Å²) in [6.07, 6.45) is 3.34. The molecule has 1 aliphatic heterocycles. The summed E-state index contributed by atoms with van der Waals surface area (Å²) >= 11 is 0. The Kier molecular flexibility index (Phi) is 4.86. The molecule has 0 atom stereocenters. The number of nitrogens with zero attached hydrogens (tertiary/aromatic N) is 6. The van der Waals surface area contributed by atoms with Crippen molar-refractivity contribution < 1.29 is 4.79 Å². The largest absolute Gasteiger partial charge is 0.337 e. The molecule has 0 bridgehead atoms. The molecule has 0 aliphatic carbocycles. The standard InChI is InChI=1S/C19H19N7O/c27-19(23-17-7-4-9-21-24-17)26-13-11-25(12-14-26)18-20-10-8-16(22-18)15-5-2-1-3-6-15/h1-10H,11-14H2,(H,23,24,27). The van der Waals surface area contributed by atoms with Crippen molar-refractivity contribution in [3.63, 3.8) is 0 Å². The monoisotopic (exact) mass is 361 g/mol. The van der Waals surface area contributed by atoms with Crippen LogP contribution in [0.15, 0.2) is 60.9 Å². The van der Waals surface area contributed by atoms with Gasteiger partial charge in [-0.25, -0.2) is 14.8 Å². The Morgan fingerprint density at radius 3 is 2.48 bits per heavy atom. The molecule has 0 radical (unpaired) electrons. The van der Waals surface area contributed by atoms with Gasteiger partial charge in [0, 0.05) is 44.1 Å². The lowest BCUT2D eigenvalue weighted by Crippen LogP contribution is -2.50. The van der Waals surface area contributed by atoms with E-state index in [1.165, 1.54) is 0 Å². The van der Waals surface area contributed by atoms with Crippen LogP contribution >= 0.6 is 0 Å². The molecule has 8 nitrogen and oxygen atoms in total. The van der Waals surface area contributed by atoms with Crippen LogP contribution in [0.1, 0.15) is 0 Å². The number of hydrogen-bond donors (Lipinski definition) is 1. The molecule has 27 heavy (non-hydrogen) atoms. The smallest absolute Gasteiger partial charge is 0.323 e. The maximum Gasteiger partial charge on any atom is 0.323 e. The van der Waals surface area contributed by atoms with Gasteiger partial charge >= 0.3 is 6.03 Å². The van der Waals surface area contributed by atoms with Crippen molar-refractivity contribution in [1.29, 1.82) is 0 Å². The maximum absolute atomic E-state index is 12.3. The van der Waals surface area contributed by atoms with E-state index in [4.69, 9.17) is 0 Å². The second-order valence-corrected chi connectivity index (χ2v) is 6.12. The molecule has 0 spiro atoms. The Balaban J connectivity index is 1.39. The predicted molar refractivity (Wildman–Crippen MR) is 102 cm³/mol. The first kappa shape index (κ1) is 16.9. The number of piperazine rings is 1. The van der Waals surface area contributed by atoms with Crippen molar-refractivity contribution in [2.75, 3.05) is 36.4 Å². The minimum Gasteiger partial charge on any atom is -0.337 e. The number of aromatic nitrogens is 4. The molecule has 1 fully saturated rings. The van der Waals surface area contributed by atoms with Crippen LogP contribution in [0.25, 0.3) is 11.3 Å². The molecular formula is C19H19N7O. The summed E-state index contributed by atoms with van der Waals surface area (Å²) in [6.45, 7) is 2.52. The van der Waals surface area contributed by atoms with Gasteiger partial charge in [-0.05, 0) is 18.2 Å². The number of carbonyl (C=O) groups excluding carboxylic acids is 1. The van der Waals surface area contributed by atoms with E-state index in [2.05, 4.69) is 30.4 Å². The number of amides is 2. The zero-order valence-electron chi connectivity index (χ0n) is 14.7. The van der Waals surface area contributed by atoms with Gasteiger partial charge in [-0.15, -0.1) is 5.10 Å². The molecule has 0 saturated carbocycles. The minimum atomic E-state index is -0.172. The number of rotatable bonds is 3. The molecule has 2 amide bonds. The Bertz CT molecular complexity index is 896. The van der Waals surface area contributed by atoms with Gasteiger partial charge in [-0.3, -0.25) is 5.32 Å².